The van der Waals surface area contributed by atoms with Crippen LogP contribution in [-0.2, 0) is 0 Å². The van der Waals surface area contributed by atoms with Crippen LogP contribution in [0.25, 0.3) is 0 Å². The molecule has 0 aliphatic rings. The van der Waals surface area contributed by atoms with E-state index in [1.807, 2.05) is 6.92 Å². The number of hydrogen-bond donors (Lipinski definition) is 1. The molecule has 0 rings (SSSR count). The summed E-state index contributed by atoms with van der Waals surface area (Å²) in [7, 11) is 0. The third-order valence-electron chi connectivity index (χ3n) is 0.637. The highest BCUT2D eigenvalue weighted by molar-refractivity contribution is 5.53. The summed E-state index contributed by atoms with van der Waals surface area (Å²) in [4.78, 5) is 3.76. The zero-order valence-corrected chi connectivity index (χ0v) is 4.96. The summed E-state index contributed by atoms with van der Waals surface area (Å²) < 4.78 is 0. The van der Waals surface area contributed by atoms with Crippen molar-refractivity contribution in [3.8, 4) is 0 Å². The first-order valence-corrected chi connectivity index (χ1v) is 2.35. The lowest BCUT2D eigenvalue weighted by Gasteiger charge is -1.82. The first-order valence-electron chi connectivity index (χ1n) is 2.35. The highest BCUT2D eigenvalue weighted by Crippen LogP contribution is 1.90. The molecule has 44 valence electrons. The third kappa shape index (κ3) is 3.15. The Labute approximate surface area is 49.4 Å². The largest absolute Gasteiger partial charge is 0.390 e. The van der Waals surface area contributed by atoms with Crippen molar-refractivity contribution in [1.29, 1.82) is 0 Å². The second-order valence-corrected chi connectivity index (χ2v) is 1.32. The molecule has 0 amide bonds. The Kier molecular flexibility index (Phi) is 3.58. The number of nitrogens with zero attached hydrogens (tertiary/aromatic N) is 1. The molecule has 0 radical (unpaired) electrons. The SMILES string of the molecule is C=C/C=C(\C)N=CN. The smallest absolute Gasteiger partial charge is 0.0856 e. The Morgan fingerprint density at radius 2 is 2.38 bits per heavy atom. The fraction of sp³-hybridized carbons (Fsp3) is 0.167. The summed E-state index contributed by atoms with van der Waals surface area (Å²) in [5, 5.41) is 0. The monoisotopic (exact) mass is 110 g/mol. The normalized spacial score (nSPS) is 12.4. The number of hydrogen-bond acceptors (Lipinski definition) is 1. The van der Waals surface area contributed by atoms with Crippen molar-refractivity contribution >= 4 is 6.34 Å². The molecule has 0 saturated carbocycles. The molecule has 0 bridgehead atoms. The molecule has 0 unspecified atom stereocenters. The van der Waals surface area contributed by atoms with Crippen LogP contribution in [0.4, 0.5) is 0 Å². The van der Waals surface area contributed by atoms with Gasteiger partial charge in [0.05, 0.1) is 6.34 Å². The quantitative estimate of drug-likeness (QED) is 0.322. The molecule has 0 aromatic carbocycles. The molecule has 0 heterocycles. The molecular weight excluding hydrogens is 100 g/mol. The van der Waals surface area contributed by atoms with Crippen molar-refractivity contribution in [3.05, 3.63) is 24.4 Å². The minimum Gasteiger partial charge on any atom is -0.390 e. The van der Waals surface area contributed by atoms with Gasteiger partial charge in [0.1, 0.15) is 0 Å². The van der Waals surface area contributed by atoms with E-state index < -0.39 is 0 Å². The molecule has 2 N–H and O–H groups in total. The lowest BCUT2D eigenvalue weighted by atomic mass is 10.4. The van der Waals surface area contributed by atoms with Crippen LogP contribution in [-0.4, -0.2) is 6.34 Å². The highest BCUT2D eigenvalue weighted by atomic mass is 14.8. The number of nitrogens with two attached hydrogens (primary N) is 1. The maximum Gasteiger partial charge on any atom is 0.0856 e. The Morgan fingerprint density at radius 3 is 2.75 bits per heavy atom. The topological polar surface area (TPSA) is 38.4 Å². The van der Waals surface area contributed by atoms with Crippen LogP contribution < -0.4 is 5.73 Å². The maximum atomic E-state index is 4.99. The van der Waals surface area contributed by atoms with Gasteiger partial charge in [-0.3, -0.25) is 0 Å². The predicted molar refractivity (Wildman–Crippen MR) is 36.6 cm³/mol. The van der Waals surface area contributed by atoms with Crippen LogP contribution in [0, 0.1) is 0 Å². The van der Waals surface area contributed by atoms with Gasteiger partial charge in [0.2, 0.25) is 0 Å². The van der Waals surface area contributed by atoms with Crippen LogP contribution in [0.5, 0.6) is 0 Å². The van der Waals surface area contributed by atoms with Gasteiger partial charge >= 0.3 is 0 Å². The highest BCUT2D eigenvalue weighted by Gasteiger charge is 1.72. The van der Waals surface area contributed by atoms with Crippen molar-refractivity contribution in [2.45, 2.75) is 6.92 Å². The first kappa shape index (κ1) is 6.95. The fourth-order valence-corrected chi connectivity index (χ4v) is 0.331. The summed E-state index contributed by atoms with van der Waals surface area (Å²) in [6, 6.07) is 0. The Bertz CT molecular complexity index is 122. The molecule has 2 nitrogen and oxygen atoms in total. The van der Waals surface area contributed by atoms with E-state index in [4.69, 9.17) is 5.73 Å². The Hall–Kier alpha value is -1.05. The molecule has 0 aliphatic carbocycles. The van der Waals surface area contributed by atoms with Gasteiger partial charge in [-0.25, -0.2) is 4.99 Å². The first-order chi connectivity index (χ1) is 3.81. The molecule has 0 aliphatic heterocycles. The molecule has 0 fully saturated rings. The molecule has 0 spiro atoms. The lowest BCUT2D eigenvalue weighted by molar-refractivity contribution is 1.31. The third-order valence-corrected chi connectivity index (χ3v) is 0.637. The summed E-state index contributed by atoms with van der Waals surface area (Å²) in [5.74, 6) is 0. The molecule has 0 aromatic heterocycles. The summed E-state index contributed by atoms with van der Waals surface area (Å²) in [6.07, 6.45) is 4.71. The molecule has 0 saturated heterocycles. The molecule has 0 aromatic rings. The van der Waals surface area contributed by atoms with Crippen LogP contribution in [0.2, 0.25) is 0 Å². The second-order valence-electron chi connectivity index (χ2n) is 1.32. The van der Waals surface area contributed by atoms with Crippen molar-refractivity contribution in [2.24, 2.45) is 10.7 Å². The Balaban J connectivity index is 3.79. The molecule has 0 atom stereocenters. The zero-order valence-electron chi connectivity index (χ0n) is 4.96. The average molecular weight is 110 g/mol. The summed E-state index contributed by atoms with van der Waals surface area (Å²) >= 11 is 0. The van der Waals surface area contributed by atoms with Gasteiger partial charge in [0, 0.05) is 5.70 Å². The standard InChI is InChI=1S/C6H10N2/c1-3-4-6(2)8-5-7/h3-5H,1H2,2H3,(H2,7,8)/b6-4+. The summed E-state index contributed by atoms with van der Waals surface area (Å²) in [6.45, 7) is 5.34. The molecule has 2 heteroatoms. The van der Waals surface area contributed by atoms with E-state index in [-0.39, 0.29) is 0 Å². The Morgan fingerprint density at radius 1 is 1.75 bits per heavy atom. The van der Waals surface area contributed by atoms with E-state index >= 15 is 0 Å². The number of aliphatic imine (C=N–C) groups is 1. The van der Waals surface area contributed by atoms with Gasteiger partial charge in [-0.2, -0.15) is 0 Å². The zero-order chi connectivity index (χ0) is 6.41. The van der Waals surface area contributed by atoms with E-state index in [1.54, 1.807) is 12.2 Å². The van der Waals surface area contributed by atoms with Crippen LogP contribution in [0.1, 0.15) is 6.92 Å². The summed E-state index contributed by atoms with van der Waals surface area (Å²) in [5.41, 5.74) is 5.86. The van der Waals surface area contributed by atoms with Crippen molar-refractivity contribution in [2.75, 3.05) is 0 Å². The minimum absolute atomic E-state index is 0.863. The minimum atomic E-state index is 0.863. The van der Waals surface area contributed by atoms with Crippen LogP contribution in [0.3, 0.4) is 0 Å². The average Bonchev–Trinajstić information content (AvgIpc) is 1.68. The van der Waals surface area contributed by atoms with Crippen LogP contribution in [0.15, 0.2) is 29.4 Å². The van der Waals surface area contributed by atoms with Gasteiger partial charge in [-0.15, -0.1) is 0 Å². The van der Waals surface area contributed by atoms with Gasteiger partial charge in [0.25, 0.3) is 0 Å². The molecule has 8 heavy (non-hydrogen) atoms. The van der Waals surface area contributed by atoms with Crippen LogP contribution >= 0.6 is 0 Å². The number of allylic oxidation sites excluding steroid dienone is 3. The lowest BCUT2D eigenvalue weighted by Crippen LogP contribution is -1.87. The van der Waals surface area contributed by atoms with E-state index in [9.17, 15) is 0 Å². The van der Waals surface area contributed by atoms with Gasteiger partial charge in [0.15, 0.2) is 0 Å². The van der Waals surface area contributed by atoms with Crippen molar-refractivity contribution in [1.82, 2.24) is 0 Å². The maximum absolute atomic E-state index is 4.99. The van der Waals surface area contributed by atoms with Gasteiger partial charge in [-0.05, 0) is 13.0 Å². The molecular formula is C6H10N2. The van der Waals surface area contributed by atoms with E-state index in [1.165, 1.54) is 6.34 Å². The van der Waals surface area contributed by atoms with Crippen molar-refractivity contribution in [3.63, 3.8) is 0 Å². The van der Waals surface area contributed by atoms with Crippen molar-refractivity contribution < 1.29 is 0 Å². The number of rotatable bonds is 2. The second kappa shape index (κ2) is 4.12. The van der Waals surface area contributed by atoms with E-state index in [0.29, 0.717) is 0 Å². The van der Waals surface area contributed by atoms with Gasteiger partial charge in [-0.1, -0.05) is 12.7 Å². The van der Waals surface area contributed by atoms with E-state index in [2.05, 4.69) is 11.6 Å². The van der Waals surface area contributed by atoms with E-state index in [0.717, 1.165) is 5.70 Å². The van der Waals surface area contributed by atoms with Gasteiger partial charge < -0.3 is 5.73 Å². The predicted octanol–water partition coefficient (Wildman–Crippen LogP) is 1.06. The fourth-order valence-electron chi connectivity index (χ4n) is 0.331.